The molecule has 0 bridgehead atoms. The Morgan fingerprint density at radius 3 is 2.79 bits per heavy atom. The third kappa shape index (κ3) is 3.03. The molecule has 29 heavy (non-hydrogen) atoms. The number of amides is 1. The maximum absolute atomic E-state index is 13.3. The number of hydrogen-bond donors (Lipinski definition) is 1. The van der Waals surface area contributed by atoms with Gasteiger partial charge in [0.2, 0.25) is 5.95 Å². The maximum atomic E-state index is 13.3. The van der Waals surface area contributed by atoms with Crippen molar-refractivity contribution in [1.82, 2.24) is 34.2 Å². The summed E-state index contributed by atoms with van der Waals surface area (Å²) < 4.78 is 16.3. The Kier molecular flexibility index (Phi) is 4.23. The third-order valence-electron chi connectivity index (χ3n) is 5.95. The molecule has 0 atom stereocenters. The zero-order valence-electron chi connectivity index (χ0n) is 16.1. The van der Waals surface area contributed by atoms with Gasteiger partial charge in [0, 0.05) is 38.4 Å². The molecule has 2 saturated heterocycles. The van der Waals surface area contributed by atoms with Gasteiger partial charge in [-0.05, 0) is 31.9 Å². The Morgan fingerprint density at radius 2 is 2.03 bits per heavy atom. The minimum Gasteiger partial charge on any atom is -0.335 e. The second-order valence-electron chi connectivity index (χ2n) is 7.75. The monoisotopic (exact) mass is 399 g/mol. The number of rotatable bonds is 3. The van der Waals surface area contributed by atoms with E-state index in [0.29, 0.717) is 48.7 Å². The molecule has 0 saturated carbocycles. The van der Waals surface area contributed by atoms with Crippen LogP contribution in [0.1, 0.15) is 28.9 Å². The lowest BCUT2D eigenvalue weighted by molar-refractivity contribution is 0.0113. The highest BCUT2D eigenvalue weighted by atomic mass is 19.1. The van der Waals surface area contributed by atoms with E-state index in [4.69, 9.17) is 0 Å². The number of halogens is 1. The Labute approximate surface area is 165 Å². The molecule has 9 nitrogen and oxygen atoms in total. The van der Waals surface area contributed by atoms with Crippen molar-refractivity contribution in [1.29, 1.82) is 0 Å². The lowest BCUT2D eigenvalue weighted by Gasteiger charge is -2.47. The van der Waals surface area contributed by atoms with Gasteiger partial charge < -0.3 is 4.90 Å². The smallest absolute Gasteiger partial charge is 0.276 e. The van der Waals surface area contributed by atoms with Crippen molar-refractivity contribution in [2.45, 2.75) is 32.0 Å². The second kappa shape index (κ2) is 6.80. The molecule has 0 spiro atoms. The summed E-state index contributed by atoms with van der Waals surface area (Å²) in [5.41, 5.74) is 1.27. The van der Waals surface area contributed by atoms with Crippen molar-refractivity contribution in [2.75, 3.05) is 26.2 Å². The number of hydrogen-bond acceptors (Lipinski definition) is 5. The highest BCUT2D eigenvalue weighted by Gasteiger charge is 2.37. The number of alkyl halides is 1. The van der Waals surface area contributed by atoms with E-state index >= 15 is 0 Å². The van der Waals surface area contributed by atoms with E-state index in [9.17, 15) is 14.0 Å². The predicted octanol–water partition coefficient (Wildman–Crippen LogP) is 0.775. The molecule has 1 N–H and O–H groups in total. The fraction of sp³-hybridized carbons (Fsp3) is 0.474. The first-order valence-electron chi connectivity index (χ1n) is 9.81. The quantitative estimate of drug-likeness (QED) is 0.703. The molecule has 1 amide bonds. The Bertz CT molecular complexity index is 1120. The minimum atomic E-state index is -0.691. The van der Waals surface area contributed by atoms with Gasteiger partial charge in [-0.15, -0.1) is 5.10 Å². The highest BCUT2D eigenvalue weighted by molar-refractivity contribution is 5.95. The summed E-state index contributed by atoms with van der Waals surface area (Å²) >= 11 is 0. The molecule has 0 radical (unpaired) electrons. The topological polar surface area (TPSA) is 91.5 Å². The first-order chi connectivity index (χ1) is 14.0. The normalized spacial score (nSPS) is 19.0. The van der Waals surface area contributed by atoms with Gasteiger partial charge in [0.25, 0.3) is 11.5 Å². The number of fused-ring (bicyclic) bond motifs is 1. The van der Waals surface area contributed by atoms with Gasteiger partial charge in [-0.1, -0.05) is 0 Å². The van der Waals surface area contributed by atoms with Gasteiger partial charge in [0.15, 0.2) is 0 Å². The van der Waals surface area contributed by atoms with Gasteiger partial charge in [-0.3, -0.25) is 19.5 Å². The number of carbonyl (C=O) groups excluding carboxylic acids is 1. The molecule has 3 aromatic rings. The summed E-state index contributed by atoms with van der Waals surface area (Å²) in [5.74, 6) is 0.167. The Morgan fingerprint density at radius 1 is 1.28 bits per heavy atom. The van der Waals surface area contributed by atoms with E-state index in [-0.39, 0.29) is 17.4 Å². The van der Waals surface area contributed by atoms with Crippen LogP contribution in [-0.2, 0) is 0 Å². The molecule has 2 fully saturated rings. The Balaban J connectivity index is 1.32. The average molecular weight is 399 g/mol. The predicted molar refractivity (Wildman–Crippen MR) is 103 cm³/mol. The van der Waals surface area contributed by atoms with E-state index in [1.165, 1.54) is 15.4 Å². The number of nitrogens with one attached hydrogen (secondary N) is 1. The van der Waals surface area contributed by atoms with Crippen LogP contribution in [0.25, 0.3) is 11.5 Å². The number of likely N-dealkylation sites (tertiary alicyclic amines) is 2. The van der Waals surface area contributed by atoms with Crippen molar-refractivity contribution in [3.05, 3.63) is 46.1 Å². The highest BCUT2D eigenvalue weighted by Crippen LogP contribution is 2.24. The molecular weight excluding hydrogens is 377 g/mol. The van der Waals surface area contributed by atoms with Crippen LogP contribution in [0.2, 0.25) is 0 Å². The first-order valence-corrected chi connectivity index (χ1v) is 9.81. The molecule has 10 heteroatoms. The molecule has 3 aromatic heterocycles. The van der Waals surface area contributed by atoms with Crippen molar-refractivity contribution in [3.63, 3.8) is 0 Å². The van der Waals surface area contributed by atoms with E-state index in [0.717, 1.165) is 13.1 Å². The molecule has 2 aliphatic rings. The van der Waals surface area contributed by atoms with Crippen molar-refractivity contribution < 1.29 is 9.18 Å². The summed E-state index contributed by atoms with van der Waals surface area (Å²) in [6.45, 7) is 4.58. The molecule has 0 aliphatic carbocycles. The van der Waals surface area contributed by atoms with Crippen molar-refractivity contribution >= 4 is 11.4 Å². The standard InChI is InChI=1S/C19H22FN7O2/c1-12-15(18(29)25-10-14(11-25)24-7-4-13(20)5-8-24)9-21-27(12)19-22-17(28)16-3-2-6-26(16)23-19/h2-3,6,9,13-14H,4-5,7-8,10-11H2,1H3,(H,22,23,28). The fourth-order valence-corrected chi connectivity index (χ4v) is 4.12. The number of nitrogens with zero attached hydrogens (tertiary/aromatic N) is 6. The van der Waals surface area contributed by atoms with Crippen LogP contribution in [-0.4, -0.2) is 78.5 Å². The molecule has 0 aromatic carbocycles. The van der Waals surface area contributed by atoms with Gasteiger partial charge in [-0.25, -0.2) is 13.6 Å². The molecule has 5 rings (SSSR count). The fourth-order valence-electron chi connectivity index (χ4n) is 4.12. The van der Waals surface area contributed by atoms with E-state index in [2.05, 4.69) is 20.1 Å². The number of aromatic nitrogens is 5. The Hall–Kier alpha value is -3.01. The second-order valence-corrected chi connectivity index (χ2v) is 7.75. The lowest BCUT2D eigenvalue weighted by Crippen LogP contribution is -2.62. The third-order valence-corrected chi connectivity index (χ3v) is 5.95. The minimum absolute atomic E-state index is 0.0882. The number of H-pyrrole nitrogens is 1. The molecule has 5 heterocycles. The van der Waals surface area contributed by atoms with Gasteiger partial charge in [0.1, 0.15) is 11.7 Å². The average Bonchev–Trinajstić information content (AvgIpc) is 3.28. The van der Waals surface area contributed by atoms with Gasteiger partial charge in [0.05, 0.1) is 17.5 Å². The lowest BCUT2D eigenvalue weighted by atomic mass is 10.0. The van der Waals surface area contributed by atoms with E-state index in [1.807, 2.05) is 0 Å². The van der Waals surface area contributed by atoms with Crippen LogP contribution in [0.4, 0.5) is 4.39 Å². The van der Waals surface area contributed by atoms with Crippen molar-refractivity contribution in [3.8, 4) is 5.95 Å². The summed E-state index contributed by atoms with van der Waals surface area (Å²) in [5, 5.41) is 8.63. The van der Waals surface area contributed by atoms with Crippen LogP contribution in [0.15, 0.2) is 29.3 Å². The summed E-state index contributed by atoms with van der Waals surface area (Å²) in [4.78, 5) is 31.9. The summed E-state index contributed by atoms with van der Waals surface area (Å²) in [6, 6.07) is 3.72. The van der Waals surface area contributed by atoms with Gasteiger partial charge in [-0.2, -0.15) is 5.10 Å². The number of carbonyl (C=O) groups is 1. The van der Waals surface area contributed by atoms with Crippen LogP contribution in [0.3, 0.4) is 0 Å². The number of aromatic amines is 1. The molecular formula is C19H22FN7O2. The van der Waals surface area contributed by atoms with E-state index < -0.39 is 6.17 Å². The SMILES string of the molecule is Cc1c(C(=O)N2CC(N3CCC(F)CC3)C2)cnn1-c1nn2cccc2c(=O)[nH]1. The first kappa shape index (κ1) is 18.0. The molecule has 2 aliphatic heterocycles. The largest absolute Gasteiger partial charge is 0.335 e. The van der Waals surface area contributed by atoms with Gasteiger partial charge >= 0.3 is 0 Å². The zero-order chi connectivity index (χ0) is 20.1. The summed E-state index contributed by atoms with van der Waals surface area (Å²) in [6.07, 6.45) is 3.66. The van der Waals surface area contributed by atoms with Crippen LogP contribution >= 0.6 is 0 Å². The van der Waals surface area contributed by atoms with Crippen LogP contribution in [0, 0.1) is 6.92 Å². The summed E-state index contributed by atoms with van der Waals surface area (Å²) in [7, 11) is 0. The molecule has 0 unspecified atom stereocenters. The molecule has 152 valence electrons. The maximum Gasteiger partial charge on any atom is 0.276 e. The van der Waals surface area contributed by atoms with Crippen LogP contribution in [0.5, 0.6) is 0 Å². The van der Waals surface area contributed by atoms with Crippen molar-refractivity contribution in [2.24, 2.45) is 0 Å². The zero-order valence-corrected chi connectivity index (χ0v) is 16.1. The van der Waals surface area contributed by atoms with E-state index in [1.54, 1.807) is 30.2 Å². The van der Waals surface area contributed by atoms with Crippen LogP contribution < -0.4 is 5.56 Å². The number of piperidine rings is 1.